The predicted molar refractivity (Wildman–Crippen MR) is 83.7 cm³/mol. The van der Waals surface area contributed by atoms with E-state index in [4.69, 9.17) is 4.74 Å². The molecule has 7 heteroatoms. The predicted octanol–water partition coefficient (Wildman–Crippen LogP) is 1.18. The van der Waals surface area contributed by atoms with Crippen LogP contribution in [-0.4, -0.2) is 40.3 Å². The fraction of sp³-hybridized carbons (Fsp3) is 0.714. The molecule has 1 atom stereocenters. The number of sulfonamides is 1. The second-order valence-electron chi connectivity index (χ2n) is 5.30. The molecular weight excluding hydrogens is 290 g/mol. The Hall–Kier alpha value is -0.890. The Morgan fingerprint density at radius 3 is 2.71 bits per heavy atom. The third kappa shape index (κ3) is 5.43. The molecule has 0 fully saturated rings. The van der Waals surface area contributed by atoms with E-state index in [9.17, 15) is 8.42 Å². The average Bonchev–Trinajstić information content (AvgIpc) is 2.82. The Labute approximate surface area is 127 Å². The first-order valence-corrected chi connectivity index (χ1v) is 8.75. The van der Waals surface area contributed by atoms with E-state index in [1.165, 1.54) is 0 Å². The number of nitrogens with one attached hydrogen (secondary N) is 2. The third-order valence-corrected chi connectivity index (χ3v) is 4.56. The van der Waals surface area contributed by atoms with E-state index >= 15 is 0 Å². The van der Waals surface area contributed by atoms with Crippen molar-refractivity contribution in [2.75, 3.05) is 27.3 Å². The zero-order chi connectivity index (χ0) is 15.9. The minimum atomic E-state index is -3.47. The molecule has 0 aliphatic heterocycles. The van der Waals surface area contributed by atoms with Gasteiger partial charge in [-0.1, -0.05) is 13.8 Å². The number of aromatic nitrogens is 1. The number of methoxy groups -OCH3 is 1. The van der Waals surface area contributed by atoms with E-state index in [0.29, 0.717) is 24.6 Å². The number of ether oxygens (including phenoxy) is 1. The van der Waals surface area contributed by atoms with Gasteiger partial charge in [0.15, 0.2) is 0 Å². The number of rotatable bonds is 10. The van der Waals surface area contributed by atoms with E-state index in [-0.39, 0.29) is 5.92 Å². The summed E-state index contributed by atoms with van der Waals surface area (Å²) in [6.45, 7) is 6.38. The molecule has 1 rings (SSSR count). The largest absolute Gasteiger partial charge is 0.384 e. The van der Waals surface area contributed by atoms with Crippen molar-refractivity contribution in [1.82, 2.24) is 14.6 Å². The molecule has 21 heavy (non-hydrogen) atoms. The maximum atomic E-state index is 12.3. The summed E-state index contributed by atoms with van der Waals surface area (Å²) in [6.07, 6.45) is 2.67. The molecule has 0 spiro atoms. The van der Waals surface area contributed by atoms with Crippen LogP contribution in [0.15, 0.2) is 17.2 Å². The maximum absolute atomic E-state index is 12.3. The van der Waals surface area contributed by atoms with Gasteiger partial charge in [-0.15, -0.1) is 0 Å². The molecule has 0 aromatic carbocycles. The van der Waals surface area contributed by atoms with Gasteiger partial charge in [0.2, 0.25) is 10.0 Å². The average molecular weight is 317 g/mol. The summed E-state index contributed by atoms with van der Waals surface area (Å²) in [5.74, 6) is 0.138. The summed E-state index contributed by atoms with van der Waals surface area (Å²) >= 11 is 0. The number of hydrogen-bond donors (Lipinski definition) is 2. The third-order valence-electron chi connectivity index (χ3n) is 3.17. The number of aryl methyl sites for hydroxylation is 1. The van der Waals surface area contributed by atoms with Crippen LogP contribution in [0.2, 0.25) is 0 Å². The van der Waals surface area contributed by atoms with Gasteiger partial charge in [0, 0.05) is 45.2 Å². The van der Waals surface area contributed by atoms with Crippen molar-refractivity contribution in [3.8, 4) is 0 Å². The Kier molecular flexibility index (Phi) is 7.37. The molecule has 2 N–H and O–H groups in total. The quantitative estimate of drug-likeness (QED) is 0.680. The van der Waals surface area contributed by atoms with Crippen LogP contribution in [0.5, 0.6) is 0 Å². The zero-order valence-electron chi connectivity index (χ0n) is 13.3. The van der Waals surface area contributed by atoms with Gasteiger partial charge in [-0.25, -0.2) is 13.1 Å². The molecule has 0 saturated heterocycles. The van der Waals surface area contributed by atoms with Crippen LogP contribution in [0.4, 0.5) is 0 Å². The molecular formula is C14H27N3O3S. The van der Waals surface area contributed by atoms with Crippen molar-refractivity contribution in [3.63, 3.8) is 0 Å². The smallest absolute Gasteiger partial charge is 0.242 e. The second kappa shape index (κ2) is 8.53. The fourth-order valence-electron chi connectivity index (χ4n) is 2.13. The highest BCUT2D eigenvalue weighted by atomic mass is 32.2. The number of hydrogen-bond acceptors (Lipinski definition) is 4. The second-order valence-corrected chi connectivity index (χ2v) is 7.07. The maximum Gasteiger partial charge on any atom is 0.242 e. The van der Waals surface area contributed by atoms with Crippen LogP contribution in [0.3, 0.4) is 0 Å². The lowest BCUT2D eigenvalue weighted by molar-refractivity contribution is 0.161. The van der Waals surface area contributed by atoms with Gasteiger partial charge in [-0.3, -0.25) is 0 Å². The van der Waals surface area contributed by atoms with Crippen LogP contribution >= 0.6 is 0 Å². The highest BCUT2D eigenvalue weighted by Crippen LogP contribution is 2.15. The van der Waals surface area contributed by atoms with Crippen LogP contribution in [0, 0.1) is 5.92 Å². The topological polar surface area (TPSA) is 72.4 Å². The van der Waals surface area contributed by atoms with Gasteiger partial charge < -0.3 is 14.6 Å². The lowest BCUT2D eigenvalue weighted by atomic mass is 10.2. The van der Waals surface area contributed by atoms with E-state index in [0.717, 1.165) is 18.7 Å². The Bertz CT molecular complexity index is 502. The molecule has 0 aliphatic carbocycles. The SMILES string of the molecule is CCCn1cc(S(=O)(=O)NCC(C)COC)cc1CNC. The summed E-state index contributed by atoms with van der Waals surface area (Å²) in [5.41, 5.74) is 0.977. The first-order chi connectivity index (χ1) is 9.94. The van der Waals surface area contributed by atoms with Crippen molar-refractivity contribution < 1.29 is 13.2 Å². The molecule has 6 nitrogen and oxygen atoms in total. The highest BCUT2D eigenvalue weighted by Gasteiger charge is 2.18. The Morgan fingerprint density at radius 1 is 1.43 bits per heavy atom. The molecule has 1 aromatic rings. The molecule has 1 heterocycles. The number of nitrogens with zero attached hydrogens (tertiary/aromatic N) is 1. The summed E-state index contributed by atoms with van der Waals surface area (Å²) in [4.78, 5) is 0.325. The summed E-state index contributed by atoms with van der Waals surface area (Å²) in [6, 6.07) is 1.73. The van der Waals surface area contributed by atoms with Crippen molar-refractivity contribution in [2.45, 2.75) is 38.3 Å². The fourth-order valence-corrected chi connectivity index (χ4v) is 3.36. The monoisotopic (exact) mass is 317 g/mol. The molecule has 0 aliphatic rings. The molecule has 122 valence electrons. The Morgan fingerprint density at radius 2 is 2.14 bits per heavy atom. The molecule has 1 unspecified atom stereocenters. The molecule has 0 saturated carbocycles. The minimum absolute atomic E-state index is 0.138. The van der Waals surface area contributed by atoms with Crippen LogP contribution in [0.1, 0.15) is 26.0 Å². The van der Waals surface area contributed by atoms with E-state index in [2.05, 4.69) is 17.0 Å². The van der Waals surface area contributed by atoms with Gasteiger partial charge in [0.1, 0.15) is 0 Å². The van der Waals surface area contributed by atoms with Crippen molar-refractivity contribution in [3.05, 3.63) is 18.0 Å². The molecule has 0 radical (unpaired) electrons. The van der Waals surface area contributed by atoms with Gasteiger partial charge >= 0.3 is 0 Å². The molecule has 1 aromatic heterocycles. The first kappa shape index (κ1) is 18.2. The van der Waals surface area contributed by atoms with Gasteiger partial charge in [-0.2, -0.15) is 0 Å². The van der Waals surface area contributed by atoms with Crippen molar-refractivity contribution in [1.29, 1.82) is 0 Å². The zero-order valence-corrected chi connectivity index (χ0v) is 14.2. The summed E-state index contributed by atoms with van der Waals surface area (Å²) < 4.78 is 34.3. The lowest BCUT2D eigenvalue weighted by Crippen LogP contribution is -2.29. The van der Waals surface area contributed by atoms with Crippen LogP contribution in [0.25, 0.3) is 0 Å². The normalized spacial score (nSPS) is 13.5. The standard InChI is InChI=1S/C14H27N3O3S/c1-5-6-17-10-14(7-13(17)9-15-3)21(18,19)16-8-12(2)11-20-4/h7,10,12,15-16H,5-6,8-9,11H2,1-4H3. The van der Waals surface area contributed by atoms with E-state index in [1.807, 2.05) is 18.5 Å². The summed E-state index contributed by atoms with van der Waals surface area (Å²) in [7, 11) is -0.00578. The van der Waals surface area contributed by atoms with Crippen LogP contribution in [-0.2, 0) is 27.8 Å². The van der Waals surface area contributed by atoms with Gasteiger partial charge in [-0.05, 0) is 25.5 Å². The molecule has 0 bridgehead atoms. The summed E-state index contributed by atoms with van der Waals surface area (Å²) in [5, 5.41) is 3.06. The molecule has 0 amide bonds. The lowest BCUT2D eigenvalue weighted by Gasteiger charge is -2.11. The first-order valence-electron chi connectivity index (χ1n) is 7.26. The minimum Gasteiger partial charge on any atom is -0.384 e. The van der Waals surface area contributed by atoms with Crippen LogP contribution < -0.4 is 10.0 Å². The van der Waals surface area contributed by atoms with Crippen molar-refractivity contribution >= 4 is 10.0 Å². The van der Waals surface area contributed by atoms with Gasteiger partial charge in [0.05, 0.1) is 4.90 Å². The Balaban J connectivity index is 2.84. The van der Waals surface area contributed by atoms with E-state index < -0.39 is 10.0 Å². The van der Waals surface area contributed by atoms with E-state index in [1.54, 1.807) is 19.4 Å². The van der Waals surface area contributed by atoms with Gasteiger partial charge in [0.25, 0.3) is 0 Å². The highest BCUT2D eigenvalue weighted by molar-refractivity contribution is 7.89. The van der Waals surface area contributed by atoms with Crippen molar-refractivity contribution in [2.24, 2.45) is 5.92 Å².